The molecule has 0 radical (unpaired) electrons. The lowest BCUT2D eigenvalue weighted by Crippen LogP contribution is -2.46. The highest BCUT2D eigenvalue weighted by Crippen LogP contribution is 2.46. The second kappa shape index (κ2) is 3.39. The van der Waals surface area contributed by atoms with E-state index in [0.29, 0.717) is 26.1 Å². The Balaban J connectivity index is 2.33. The second-order valence-electron chi connectivity index (χ2n) is 4.86. The lowest BCUT2D eigenvalue weighted by atomic mass is 9.79. The van der Waals surface area contributed by atoms with Gasteiger partial charge in [0, 0.05) is 11.8 Å². The van der Waals surface area contributed by atoms with Crippen molar-refractivity contribution in [1.82, 2.24) is 0 Å². The molecule has 15 heavy (non-hydrogen) atoms. The van der Waals surface area contributed by atoms with Crippen molar-refractivity contribution in [2.45, 2.75) is 38.9 Å². The molecule has 0 unspecified atom stereocenters. The third-order valence-electron chi connectivity index (χ3n) is 3.47. The lowest BCUT2D eigenvalue weighted by molar-refractivity contribution is -0.228. The van der Waals surface area contributed by atoms with Crippen LogP contribution in [0.15, 0.2) is 0 Å². The van der Waals surface area contributed by atoms with Gasteiger partial charge in [0.25, 0.3) is 0 Å². The number of ether oxygens (including phenoxy) is 2. The monoisotopic (exact) mass is 212 g/mol. The topological polar surface area (TPSA) is 52.6 Å². The van der Waals surface area contributed by atoms with Crippen LogP contribution in [0.5, 0.6) is 0 Å². The third-order valence-corrected chi connectivity index (χ3v) is 3.47. The molecule has 0 aromatic carbocycles. The van der Waals surface area contributed by atoms with Crippen LogP contribution in [0.3, 0.4) is 0 Å². The molecule has 0 bridgehead atoms. The van der Waals surface area contributed by atoms with Crippen LogP contribution in [0.4, 0.5) is 0 Å². The van der Waals surface area contributed by atoms with Crippen LogP contribution >= 0.6 is 0 Å². The van der Waals surface area contributed by atoms with Gasteiger partial charge < -0.3 is 9.47 Å². The molecule has 1 aliphatic heterocycles. The number of rotatable bonds is 0. The molecule has 1 heterocycles. The molecule has 0 aromatic heterocycles. The molecule has 0 aromatic rings. The molecular weight excluding hydrogens is 196 g/mol. The van der Waals surface area contributed by atoms with Gasteiger partial charge in [-0.15, -0.1) is 0 Å². The number of ketones is 2. The van der Waals surface area contributed by atoms with Crippen molar-refractivity contribution in [1.29, 1.82) is 0 Å². The van der Waals surface area contributed by atoms with E-state index in [1.54, 1.807) is 0 Å². The number of carbonyl (C=O) groups is 2. The van der Waals surface area contributed by atoms with E-state index in [-0.39, 0.29) is 23.4 Å². The maximum Gasteiger partial charge on any atom is 0.203 e. The normalized spacial score (nSPS) is 29.5. The van der Waals surface area contributed by atoms with Gasteiger partial charge in [0.05, 0.1) is 19.6 Å². The van der Waals surface area contributed by atoms with Gasteiger partial charge in [-0.05, 0) is 6.42 Å². The zero-order valence-electron chi connectivity index (χ0n) is 9.17. The molecular formula is C11H16O4. The molecule has 84 valence electrons. The van der Waals surface area contributed by atoms with Crippen LogP contribution in [0.25, 0.3) is 0 Å². The molecule has 0 N–H and O–H groups in total. The lowest BCUT2D eigenvalue weighted by Gasteiger charge is -2.40. The van der Waals surface area contributed by atoms with Gasteiger partial charge in [-0.25, -0.2) is 0 Å². The number of carbonyl (C=O) groups excluding carboxylic acids is 2. The molecule has 0 atom stereocenters. The van der Waals surface area contributed by atoms with Gasteiger partial charge in [-0.3, -0.25) is 9.59 Å². The first-order valence-corrected chi connectivity index (χ1v) is 5.31. The quantitative estimate of drug-likeness (QED) is 0.564. The summed E-state index contributed by atoms with van der Waals surface area (Å²) in [5, 5.41) is 0. The summed E-state index contributed by atoms with van der Waals surface area (Å²) in [6.07, 6.45) is 1.01. The number of hydrogen-bond donors (Lipinski definition) is 0. The van der Waals surface area contributed by atoms with Crippen LogP contribution in [-0.4, -0.2) is 30.6 Å². The Bertz CT molecular complexity index is 300. The average Bonchev–Trinajstić information content (AvgIpc) is 2.61. The van der Waals surface area contributed by atoms with Gasteiger partial charge in [-0.1, -0.05) is 13.8 Å². The summed E-state index contributed by atoms with van der Waals surface area (Å²) < 4.78 is 11.2. The highest BCUT2D eigenvalue weighted by molar-refractivity contribution is 6.37. The molecule has 1 saturated carbocycles. The summed E-state index contributed by atoms with van der Waals surface area (Å²) in [7, 11) is 0. The third kappa shape index (κ3) is 1.62. The largest absolute Gasteiger partial charge is 0.347 e. The van der Waals surface area contributed by atoms with Crippen molar-refractivity contribution >= 4 is 11.6 Å². The smallest absolute Gasteiger partial charge is 0.203 e. The first-order valence-electron chi connectivity index (χ1n) is 5.31. The fraction of sp³-hybridized carbons (Fsp3) is 0.818. The van der Waals surface area contributed by atoms with E-state index >= 15 is 0 Å². The Labute approximate surface area is 88.9 Å². The second-order valence-corrected chi connectivity index (χ2v) is 4.86. The van der Waals surface area contributed by atoms with Gasteiger partial charge >= 0.3 is 0 Å². The maximum atomic E-state index is 11.6. The summed E-state index contributed by atoms with van der Waals surface area (Å²) in [6, 6.07) is 0. The van der Waals surface area contributed by atoms with Gasteiger partial charge in [0.1, 0.15) is 0 Å². The Hall–Kier alpha value is -0.740. The molecule has 4 heteroatoms. The molecule has 1 aliphatic carbocycles. The average molecular weight is 212 g/mol. The van der Waals surface area contributed by atoms with Gasteiger partial charge in [0.2, 0.25) is 5.78 Å². The van der Waals surface area contributed by atoms with Gasteiger partial charge in [0.15, 0.2) is 11.6 Å². The Kier molecular flexibility index (Phi) is 2.43. The summed E-state index contributed by atoms with van der Waals surface area (Å²) in [5.41, 5.74) is -0.286. The SMILES string of the molecule is CC1(C)CCC(=O)C(=O)CC12OCCO2. The van der Waals surface area contributed by atoms with E-state index in [4.69, 9.17) is 9.47 Å². The predicted octanol–water partition coefficient (Wildman–Crippen LogP) is 1.08. The Morgan fingerprint density at radius 1 is 1.07 bits per heavy atom. The predicted molar refractivity (Wildman–Crippen MR) is 52.3 cm³/mol. The zero-order valence-corrected chi connectivity index (χ0v) is 9.17. The van der Waals surface area contributed by atoms with Gasteiger partial charge in [-0.2, -0.15) is 0 Å². The minimum atomic E-state index is -0.865. The highest BCUT2D eigenvalue weighted by atomic mass is 16.7. The highest BCUT2D eigenvalue weighted by Gasteiger charge is 2.53. The summed E-state index contributed by atoms with van der Waals surface area (Å²) in [6.45, 7) is 4.99. The van der Waals surface area contributed by atoms with E-state index in [0.717, 1.165) is 0 Å². The maximum absolute atomic E-state index is 11.6. The first-order chi connectivity index (χ1) is 6.97. The fourth-order valence-electron chi connectivity index (χ4n) is 2.25. The molecule has 0 amide bonds. The van der Waals surface area contributed by atoms with Crippen molar-refractivity contribution < 1.29 is 19.1 Å². The van der Waals surface area contributed by atoms with Crippen LogP contribution < -0.4 is 0 Å². The molecule has 2 fully saturated rings. The molecule has 2 rings (SSSR count). The van der Waals surface area contributed by atoms with Crippen LogP contribution in [0.1, 0.15) is 33.1 Å². The minimum Gasteiger partial charge on any atom is -0.347 e. The Morgan fingerprint density at radius 3 is 2.27 bits per heavy atom. The molecule has 1 spiro atoms. The fourth-order valence-corrected chi connectivity index (χ4v) is 2.25. The summed E-state index contributed by atoms with van der Waals surface area (Å²) in [4.78, 5) is 22.9. The number of hydrogen-bond acceptors (Lipinski definition) is 4. The van der Waals surface area contributed by atoms with E-state index in [1.807, 2.05) is 13.8 Å². The zero-order chi connectivity index (χ0) is 11.1. The van der Waals surface area contributed by atoms with Crippen molar-refractivity contribution in [3.8, 4) is 0 Å². The van der Waals surface area contributed by atoms with E-state index in [1.165, 1.54) is 0 Å². The van der Waals surface area contributed by atoms with Crippen molar-refractivity contribution in [3.05, 3.63) is 0 Å². The summed E-state index contributed by atoms with van der Waals surface area (Å²) >= 11 is 0. The van der Waals surface area contributed by atoms with E-state index in [9.17, 15) is 9.59 Å². The molecule has 4 nitrogen and oxygen atoms in total. The van der Waals surface area contributed by atoms with Crippen LogP contribution in [0, 0.1) is 5.41 Å². The number of Topliss-reactive ketones (excluding diaryl/α,β-unsaturated/α-hetero) is 2. The van der Waals surface area contributed by atoms with Crippen molar-refractivity contribution in [2.24, 2.45) is 5.41 Å². The van der Waals surface area contributed by atoms with E-state index in [2.05, 4.69) is 0 Å². The minimum absolute atomic E-state index is 0.0683. The Morgan fingerprint density at radius 2 is 1.67 bits per heavy atom. The first kappa shape index (κ1) is 10.8. The molecule has 1 saturated heterocycles. The van der Waals surface area contributed by atoms with E-state index < -0.39 is 5.79 Å². The summed E-state index contributed by atoms with van der Waals surface area (Å²) in [5.74, 6) is -1.52. The van der Waals surface area contributed by atoms with Crippen LogP contribution in [-0.2, 0) is 19.1 Å². The standard InChI is InChI=1S/C11H16O4/c1-10(2)4-3-8(12)9(13)7-11(10)14-5-6-15-11/h3-7H2,1-2H3. The van der Waals surface area contributed by atoms with Crippen molar-refractivity contribution in [2.75, 3.05) is 13.2 Å². The van der Waals surface area contributed by atoms with Crippen LogP contribution in [0.2, 0.25) is 0 Å². The van der Waals surface area contributed by atoms with Crippen molar-refractivity contribution in [3.63, 3.8) is 0 Å². The molecule has 2 aliphatic rings.